The number of rotatable bonds is 4. The number of aliphatic hydroxyl groups is 1. The van der Waals surface area contributed by atoms with E-state index in [4.69, 9.17) is 0 Å². The molecule has 0 spiro atoms. The maximum atomic E-state index is 12.5. The Labute approximate surface area is 134 Å². The highest BCUT2D eigenvalue weighted by Crippen LogP contribution is 2.49. The lowest BCUT2D eigenvalue weighted by Crippen LogP contribution is -2.50. The number of carbonyl (C=O) groups excluding carboxylic acids is 1. The summed E-state index contributed by atoms with van der Waals surface area (Å²) in [4.78, 5) is 14.4. The Hall–Kier alpha value is -0.770. The van der Waals surface area contributed by atoms with Crippen molar-refractivity contribution < 1.29 is 9.90 Å². The number of hydrogen-bond acceptors (Lipinski definition) is 2. The highest BCUT2D eigenvalue weighted by atomic mass is 16.3. The van der Waals surface area contributed by atoms with Crippen molar-refractivity contribution in [2.24, 2.45) is 23.7 Å². The second-order valence-corrected chi connectivity index (χ2v) is 8.04. The monoisotopic (exact) mass is 308 g/mol. The summed E-state index contributed by atoms with van der Waals surface area (Å²) in [6, 6.07) is 0.747. The van der Waals surface area contributed by atoms with Crippen molar-refractivity contribution in [3.8, 4) is 0 Å². The molecular formula is C18H32N2O2. The lowest BCUT2D eigenvalue weighted by atomic mass is 9.84. The largest absolute Gasteiger partial charge is 0.396 e. The topological polar surface area (TPSA) is 52.6 Å². The van der Waals surface area contributed by atoms with E-state index >= 15 is 0 Å². The summed E-state index contributed by atoms with van der Waals surface area (Å²) >= 11 is 0. The Balaban J connectivity index is 1.47. The van der Waals surface area contributed by atoms with Crippen molar-refractivity contribution in [2.45, 2.75) is 70.4 Å². The van der Waals surface area contributed by atoms with Gasteiger partial charge >= 0.3 is 6.03 Å². The summed E-state index contributed by atoms with van der Waals surface area (Å²) in [5, 5.41) is 12.5. The van der Waals surface area contributed by atoms with Crippen LogP contribution in [0.1, 0.15) is 58.3 Å². The summed E-state index contributed by atoms with van der Waals surface area (Å²) in [5.74, 6) is 2.92. The Morgan fingerprint density at radius 1 is 1.18 bits per heavy atom. The van der Waals surface area contributed by atoms with Gasteiger partial charge in [0.05, 0.1) is 0 Å². The van der Waals surface area contributed by atoms with Crippen molar-refractivity contribution in [3.63, 3.8) is 0 Å². The maximum Gasteiger partial charge on any atom is 0.317 e. The van der Waals surface area contributed by atoms with Crippen LogP contribution >= 0.6 is 0 Å². The second-order valence-electron chi connectivity index (χ2n) is 8.04. The molecule has 3 rings (SSSR count). The van der Waals surface area contributed by atoms with Crippen LogP contribution in [-0.2, 0) is 0 Å². The number of urea groups is 1. The smallest absolute Gasteiger partial charge is 0.317 e. The van der Waals surface area contributed by atoms with E-state index in [1.54, 1.807) is 0 Å². The summed E-state index contributed by atoms with van der Waals surface area (Å²) in [6.45, 7) is 2.49. The number of nitrogens with one attached hydrogen (secondary N) is 1. The first-order valence-corrected chi connectivity index (χ1v) is 9.22. The minimum atomic E-state index is 0.0997. The zero-order chi connectivity index (χ0) is 15.7. The fraction of sp³-hybridized carbons (Fsp3) is 0.944. The first-order valence-electron chi connectivity index (χ1n) is 9.22. The van der Waals surface area contributed by atoms with Gasteiger partial charge in [0.2, 0.25) is 0 Å². The van der Waals surface area contributed by atoms with E-state index in [9.17, 15) is 9.90 Å². The molecule has 0 heterocycles. The maximum absolute atomic E-state index is 12.5. The van der Waals surface area contributed by atoms with Gasteiger partial charge in [-0.15, -0.1) is 0 Å². The van der Waals surface area contributed by atoms with Gasteiger partial charge in [0.25, 0.3) is 0 Å². The number of amides is 2. The predicted octanol–water partition coefficient (Wildman–Crippen LogP) is 3.00. The molecule has 22 heavy (non-hydrogen) atoms. The molecule has 126 valence electrons. The molecule has 4 heteroatoms. The van der Waals surface area contributed by atoms with E-state index in [0.29, 0.717) is 30.5 Å². The quantitative estimate of drug-likeness (QED) is 0.839. The minimum absolute atomic E-state index is 0.0997. The summed E-state index contributed by atoms with van der Waals surface area (Å²) in [7, 11) is 1.94. The number of carbonyl (C=O) groups is 1. The van der Waals surface area contributed by atoms with Gasteiger partial charge < -0.3 is 15.3 Å². The van der Waals surface area contributed by atoms with Gasteiger partial charge in [0, 0.05) is 25.7 Å². The molecule has 2 N–H and O–H groups in total. The van der Waals surface area contributed by atoms with Crippen LogP contribution in [0.4, 0.5) is 4.79 Å². The van der Waals surface area contributed by atoms with Crippen molar-refractivity contribution >= 4 is 6.03 Å². The number of hydrogen-bond donors (Lipinski definition) is 2. The normalized spacial score (nSPS) is 38.8. The van der Waals surface area contributed by atoms with Gasteiger partial charge in [-0.05, 0) is 75.5 Å². The van der Waals surface area contributed by atoms with Gasteiger partial charge in [0.15, 0.2) is 0 Å². The first kappa shape index (κ1) is 16.1. The lowest BCUT2D eigenvalue weighted by Gasteiger charge is -2.36. The first-order chi connectivity index (χ1) is 10.6. The van der Waals surface area contributed by atoms with Gasteiger partial charge in [-0.3, -0.25) is 0 Å². The van der Waals surface area contributed by atoms with Crippen LogP contribution in [0.2, 0.25) is 0 Å². The lowest BCUT2D eigenvalue weighted by molar-refractivity contribution is 0.130. The molecule has 3 aliphatic carbocycles. The van der Waals surface area contributed by atoms with Gasteiger partial charge in [-0.25, -0.2) is 4.79 Å². The highest BCUT2D eigenvalue weighted by molar-refractivity contribution is 5.74. The zero-order valence-electron chi connectivity index (χ0n) is 14.1. The molecule has 0 aromatic rings. The average molecular weight is 308 g/mol. The molecule has 0 aromatic carbocycles. The van der Waals surface area contributed by atoms with Crippen molar-refractivity contribution in [2.75, 3.05) is 13.7 Å². The van der Waals surface area contributed by atoms with Crippen LogP contribution in [0.15, 0.2) is 0 Å². The third-order valence-corrected chi connectivity index (χ3v) is 6.73. The second kappa shape index (κ2) is 6.77. The highest BCUT2D eigenvalue weighted by Gasteiger charge is 2.42. The van der Waals surface area contributed by atoms with Crippen LogP contribution in [-0.4, -0.2) is 41.8 Å². The number of fused-ring (bicyclic) bond motifs is 2. The SMILES string of the molecule is CC(NC(=O)N(C)C1CCC(CO)CC1)C1CC2CCC1C2. The van der Waals surface area contributed by atoms with E-state index in [1.165, 1.54) is 25.7 Å². The Morgan fingerprint density at radius 2 is 1.91 bits per heavy atom. The fourth-order valence-corrected chi connectivity index (χ4v) is 5.19. The van der Waals surface area contributed by atoms with E-state index < -0.39 is 0 Å². The molecule has 4 unspecified atom stereocenters. The molecule has 3 aliphatic rings. The molecule has 3 fully saturated rings. The Kier molecular flexibility index (Phi) is 4.96. The molecule has 2 amide bonds. The zero-order valence-corrected chi connectivity index (χ0v) is 14.1. The molecule has 4 atom stereocenters. The Morgan fingerprint density at radius 3 is 2.45 bits per heavy atom. The van der Waals surface area contributed by atoms with Gasteiger partial charge in [-0.1, -0.05) is 6.42 Å². The molecule has 0 radical (unpaired) electrons. The standard InChI is InChI=1S/C18H32N2O2/c1-12(17-10-14-3-6-15(17)9-14)19-18(22)20(2)16-7-4-13(11-21)5-8-16/h12-17,21H,3-11H2,1-2H3,(H,19,22). The van der Waals surface area contributed by atoms with Crippen LogP contribution in [0, 0.1) is 23.7 Å². The molecule has 0 aliphatic heterocycles. The van der Waals surface area contributed by atoms with E-state index in [0.717, 1.165) is 37.5 Å². The van der Waals surface area contributed by atoms with Gasteiger partial charge in [0.1, 0.15) is 0 Å². The molecule has 4 nitrogen and oxygen atoms in total. The number of aliphatic hydroxyl groups excluding tert-OH is 1. The molecular weight excluding hydrogens is 276 g/mol. The third kappa shape index (κ3) is 3.27. The summed E-state index contributed by atoms with van der Waals surface area (Å²) in [6.07, 6.45) is 9.63. The molecule has 0 aromatic heterocycles. The third-order valence-electron chi connectivity index (χ3n) is 6.73. The summed E-state index contributed by atoms with van der Waals surface area (Å²) in [5.41, 5.74) is 0. The van der Waals surface area contributed by atoms with E-state index in [2.05, 4.69) is 12.2 Å². The van der Waals surface area contributed by atoms with Crippen LogP contribution in [0.5, 0.6) is 0 Å². The average Bonchev–Trinajstić information content (AvgIpc) is 3.17. The van der Waals surface area contributed by atoms with Crippen molar-refractivity contribution in [1.29, 1.82) is 0 Å². The fourth-order valence-electron chi connectivity index (χ4n) is 5.19. The van der Waals surface area contributed by atoms with Crippen LogP contribution in [0.25, 0.3) is 0 Å². The van der Waals surface area contributed by atoms with Gasteiger partial charge in [-0.2, -0.15) is 0 Å². The van der Waals surface area contributed by atoms with Crippen LogP contribution < -0.4 is 5.32 Å². The van der Waals surface area contributed by atoms with Crippen LogP contribution in [0.3, 0.4) is 0 Å². The molecule has 2 bridgehead atoms. The van der Waals surface area contributed by atoms with Crippen molar-refractivity contribution in [1.82, 2.24) is 10.2 Å². The number of nitrogens with zero attached hydrogens (tertiary/aromatic N) is 1. The minimum Gasteiger partial charge on any atom is -0.396 e. The molecule has 0 saturated heterocycles. The Bertz CT molecular complexity index is 393. The summed E-state index contributed by atoms with van der Waals surface area (Å²) < 4.78 is 0. The molecule has 3 saturated carbocycles. The predicted molar refractivity (Wildman–Crippen MR) is 87.5 cm³/mol. The van der Waals surface area contributed by atoms with E-state index in [-0.39, 0.29) is 6.03 Å². The van der Waals surface area contributed by atoms with E-state index in [1.807, 2.05) is 11.9 Å². The van der Waals surface area contributed by atoms with Crippen molar-refractivity contribution in [3.05, 3.63) is 0 Å².